The highest BCUT2D eigenvalue weighted by Gasteiger charge is 2.10. The molecule has 0 aliphatic carbocycles. The smallest absolute Gasteiger partial charge is 0.181 e. The number of pyridine rings is 1. The van der Waals surface area contributed by atoms with Crippen LogP contribution in [-0.4, -0.2) is 14.4 Å². The summed E-state index contributed by atoms with van der Waals surface area (Å²) in [6.07, 6.45) is 8.37. The number of imidazole rings is 1. The highest BCUT2D eigenvalue weighted by Crippen LogP contribution is 2.23. The fraction of sp³-hybridized carbons (Fsp3) is 0. The van der Waals surface area contributed by atoms with E-state index in [9.17, 15) is 4.39 Å². The summed E-state index contributed by atoms with van der Waals surface area (Å²) in [5, 5.41) is 0. The Labute approximate surface area is 84.0 Å². The molecule has 0 aromatic carbocycles. The number of hydrogen-bond donors (Lipinski definition) is 0. The number of oxazole rings is 1. The largest absolute Gasteiger partial charge is 0.443 e. The molecule has 0 N–H and O–H groups in total. The maximum atomic E-state index is 13.2. The van der Waals surface area contributed by atoms with Gasteiger partial charge in [0.2, 0.25) is 0 Å². The van der Waals surface area contributed by atoms with Gasteiger partial charge in [-0.05, 0) is 6.07 Å². The van der Waals surface area contributed by atoms with E-state index in [0.29, 0.717) is 17.0 Å². The van der Waals surface area contributed by atoms with Crippen LogP contribution in [0.3, 0.4) is 0 Å². The first-order valence-corrected chi connectivity index (χ1v) is 4.28. The van der Waals surface area contributed by atoms with Crippen LogP contribution >= 0.6 is 0 Å². The molecule has 3 aromatic rings. The molecule has 0 fully saturated rings. The van der Waals surface area contributed by atoms with E-state index in [-0.39, 0.29) is 5.82 Å². The monoisotopic (exact) mass is 202 g/mol. The summed E-state index contributed by atoms with van der Waals surface area (Å²) in [5.74, 6) is 0.113. The lowest BCUT2D eigenvalue weighted by Gasteiger charge is -1.99. The van der Waals surface area contributed by atoms with Gasteiger partial charge in [0.25, 0.3) is 0 Å². The summed E-state index contributed by atoms with van der Waals surface area (Å²) in [6.45, 7) is 0. The molecule has 0 amide bonds. The Bertz CT molecular complexity index is 600. The van der Waals surface area contributed by atoms with Crippen molar-refractivity contribution in [3.8, 4) is 11.3 Å². The number of hydrogen-bond acceptors (Lipinski definition) is 3. The lowest BCUT2D eigenvalue weighted by atomic mass is 10.2. The zero-order chi connectivity index (χ0) is 10.3. The van der Waals surface area contributed by atoms with Crippen molar-refractivity contribution in [1.29, 1.82) is 0 Å². The summed E-state index contributed by atoms with van der Waals surface area (Å²) in [7, 11) is 0. The van der Waals surface area contributed by atoms with Crippen LogP contribution in [0, 0.1) is 12.0 Å². The van der Waals surface area contributed by atoms with Gasteiger partial charge >= 0.3 is 0 Å². The minimum absolute atomic E-state index is 0.372. The molecule has 3 rings (SSSR count). The molecule has 0 bridgehead atoms. The van der Waals surface area contributed by atoms with Crippen molar-refractivity contribution in [2.24, 2.45) is 0 Å². The Balaban J connectivity index is 2.38. The molecule has 1 radical (unpaired) electrons. The third-order valence-corrected chi connectivity index (χ3v) is 2.09. The minimum Gasteiger partial charge on any atom is -0.443 e. The molecule has 0 spiro atoms. The van der Waals surface area contributed by atoms with Gasteiger partial charge in [0.05, 0.1) is 24.2 Å². The van der Waals surface area contributed by atoms with Crippen molar-refractivity contribution < 1.29 is 8.81 Å². The van der Waals surface area contributed by atoms with Gasteiger partial charge < -0.3 is 4.42 Å². The zero-order valence-electron chi connectivity index (χ0n) is 7.51. The molecule has 4 nitrogen and oxygen atoms in total. The van der Waals surface area contributed by atoms with Crippen LogP contribution in [0.2, 0.25) is 0 Å². The second kappa shape index (κ2) is 2.91. The van der Waals surface area contributed by atoms with Crippen molar-refractivity contribution in [2.45, 2.75) is 0 Å². The summed E-state index contributed by atoms with van der Waals surface area (Å²) in [6, 6.07) is 1.36. The number of halogens is 1. The lowest BCUT2D eigenvalue weighted by Crippen LogP contribution is -1.89. The van der Waals surface area contributed by atoms with Gasteiger partial charge in [-0.3, -0.25) is 4.40 Å². The van der Waals surface area contributed by atoms with Gasteiger partial charge in [-0.1, -0.05) is 0 Å². The minimum atomic E-state index is -0.372. The van der Waals surface area contributed by atoms with Gasteiger partial charge in [-0.15, -0.1) is 0 Å². The third-order valence-electron chi connectivity index (χ3n) is 2.09. The maximum absolute atomic E-state index is 13.2. The number of nitrogens with zero attached hydrogens (tertiary/aromatic N) is 3. The molecule has 0 aliphatic rings. The van der Waals surface area contributed by atoms with E-state index in [0.717, 1.165) is 0 Å². The Morgan fingerprint density at radius 2 is 2.40 bits per heavy atom. The van der Waals surface area contributed by atoms with E-state index >= 15 is 0 Å². The molecule has 15 heavy (non-hydrogen) atoms. The van der Waals surface area contributed by atoms with E-state index < -0.39 is 0 Å². The van der Waals surface area contributed by atoms with Crippen LogP contribution in [-0.2, 0) is 0 Å². The number of aromatic nitrogens is 3. The topological polar surface area (TPSA) is 43.3 Å². The normalized spacial score (nSPS) is 11.0. The van der Waals surface area contributed by atoms with Crippen molar-refractivity contribution >= 4 is 5.65 Å². The average molecular weight is 202 g/mol. The second-order valence-electron chi connectivity index (χ2n) is 3.02. The second-order valence-corrected chi connectivity index (χ2v) is 3.02. The van der Waals surface area contributed by atoms with Crippen molar-refractivity contribution in [2.75, 3.05) is 0 Å². The summed E-state index contributed by atoms with van der Waals surface area (Å²) in [5.41, 5.74) is 1.15. The van der Waals surface area contributed by atoms with E-state index in [1.54, 1.807) is 0 Å². The van der Waals surface area contributed by atoms with Gasteiger partial charge in [0.1, 0.15) is 11.5 Å². The van der Waals surface area contributed by atoms with Crippen molar-refractivity contribution in [1.82, 2.24) is 14.4 Å². The molecule has 73 valence electrons. The summed E-state index contributed by atoms with van der Waals surface area (Å²) >= 11 is 0. The molecule has 0 saturated heterocycles. The molecule has 5 heteroatoms. The van der Waals surface area contributed by atoms with E-state index in [1.165, 1.54) is 35.5 Å². The zero-order valence-corrected chi connectivity index (χ0v) is 7.51. The highest BCUT2D eigenvalue weighted by molar-refractivity contribution is 5.73. The van der Waals surface area contributed by atoms with E-state index in [1.807, 2.05) is 0 Å². The SMILES string of the molecule is Fc1cc(-c2cnco2)c2nc[c]n2c1. The van der Waals surface area contributed by atoms with E-state index in [2.05, 4.69) is 16.2 Å². The molecular formula is C10H5FN3O. The Morgan fingerprint density at radius 3 is 3.20 bits per heavy atom. The highest BCUT2D eigenvalue weighted by atomic mass is 19.1. The first kappa shape index (κ1) is 8.16. The number of rotatable bonds is 1. The summed E-state index contributed by atoms with van der Waals surface area (Å²) < 4.78 is 19.8. The quantitative estimate of drug-likeness (QED) is 0.605. The first-order chi connectivity index (χ1) is 7.34. The van der Waals surface area contributed by atoms with Crippen LogP contribution in [0.15, 0.2) is 35.5 Å². The first-order valence-electron chi connectivity index (χ1n) is 4.28. The van der Waals surface area contributed by atoms with Crippen LogP contribution in [0.1, 0.15) is 0 Å². The Morgan fingerprint density at radius 1 is 1.47 bits per heavy atom. The van der Waals surface area contributed by atoms with Crippen LogP contribution in [0.5, 0.6) is 0 Å². The molecule has 3 heterocycles. The van der Waals surface area contributed by atoms with Gasteiger partial charge in [0.15, 0.2) is 12.2 Å². The average Bonchev–Trinajstić information content (AvgIpc) is 2.86. The van der Waals surface area contributed by atoms with Crippen LogP contribution in [0.4, 0.5) is 4.39 Å². The van der Waals surface area contributed by atoms with E-state index in [4.69, 9.17) is 4.42 Å². The predicted octanol–water partition coefficient (Wildman–Crippen LogP) is 1.93. The van der Waals surface area contributed by atoms with Crippen LogP contribution in [0.25, 0.3) is 17.0 Å². The van der Waals surface area contributed by atoms with Gasteiger partial charge in [-0.2, -0.15) is 0 Å². The number of fused-ring (bicyclic) bond motifs is 1. The lowest BCUT2D eigenvalue weighted by molar-refractivity contribution is 0.569. The molecule has 0 aliphatic heterocycles. The molecule has 0 unspecified atom stereocenters. The van der Waals surface area contributed by atoms with Gasteiger partial charge in [0, 0.05) is 6.20 Å². The van der Waals surface area contributed by atoms with Crippen LogP contribution < -0.4 is 0 Å². The third kappa shape index (κ3) is 1.20. The maximum Gasteiger partial charge on any atom is 0.181 e. The van der Waals surface area contributed by atoms with Gasteiger partial charge in [-0.25, -0.2) is 14.4 Å². The standard InChI is InChI=1S/C10H5FN3O/c11-7-3-8(9-4-12-6-15-9)10-13-1-2-14(10)5-7/h1,3-6H. The Kier molecular flexibility index (Phi) is 1.58. The van der Waals surface area contributed by atoms with Crippen molar-refractivity contribution in [3.63, 3.8) is 0 Å². The fourth-order valence-electron chi connectivity index (χ4n) is 1.47. The molecule has 0 atom stereocenters. The Hall–Kier alpha value is -2.17. The molecule has 3 aromatic heterocycles. The molecular weight excluding hydrogens is 197 g/mol. The molecule has 0 saturated carbocycles. The fourth-order valence-corrected chi connectivity index (χ4v) is 1.47. The predicted molar refractivity (Wildman–Crippen MR) is 49.5 cm³/mol. The summed E-state index contributed by atoms with van der Waals surface area (Å²) in [4.78, 5) is 7.85. The van der Waals surface area contributed by atoms with Crippen molar-refractivity contribution in [3.05, 3.63) is 43.1 Å².